The molecule has 0 unspecified atom stereocenters. The van der Waals surface area contributed by atoms with E-state index in [1.54, 1.807) is 6.07 Å². The first-order chi connectivity index (χ1) is 23.8. The van der Waals surface area contributed by atoms with Gasteiger partial charge in [0.05, 0.1) is 60.5 Å². The van der Waals surface area contributed by atoms with Gasteiger partial charge in [0.15, 0.2) is 5.78 Å². The normalized spacial score (nSPS) is 11.8. The number of aromatic nitrogens is 4. The molecular formula is C31H28F5N7O6S2. The number of benzene rings is 2. The monoisotopic (exact) mass is 753 g/mol. The number of Topliss-reactive ketones (excluding diaryl/α,β-unsaturated/α-hetero) is 1. The van der Waals surface area contributed by atoms with Crippen LogP contribution < -0.4 is 14.3 Å². The fourth-order valence-electron chi connectivity index (χ4n) is 4.26. The lowest BCUT2D eigenvalue weighted by molar-refractivity contribution is -0.156. The van der Waals surface area contributed by atoms with Gasteiger partial charge in [-0.05, 0) is 60.7 Å². The molecule has 0 amide bonds. The van der Waals surface area contributed by atoms with Crippen LogP contribution in [0.5, 0.6) is 0 Å². The molecule has 0 atom stereocenters. The summed E-state index contributed by atoms with van der Waals surface area (Å²) in [7, 11) is -7.37. The number of carbonyl (C=O) groups is 1. The predicted molar refractivity (Wildman–Crippen MR) is 175 cm³/mol. The standard InChI is InChI=1S/C16H12F4N4O3S.C15H16FN3O3S/c1-28(25,26)24(13-4-2-3-11(17)7-13)9-12-6-5-10(8-21-12)14-22-23-15(27-14)16(18,19)20;1-23(21,22)19(14-4-2-3-12(16)7-14)10-13-6-5-11(9-18-13)15(20)8-17/h2-8H,9H2,1H3;2-7,9H,8,10,17H2,1H3. The second kappa shape index (κ2) is 15.7. The molecule has 270 valence electrons. The first-order valence-corrected chi connectivity index (χ1v) is 18.1. The van der Waals surface area contributed by atoms with Crippen molar-refractivity contribution in [1.29, 1.82) is 0 Å². The highest BCUT2D eigenvalue weighted by atomic mass is 32.2. The molecule has 13 nitrogen and oxygen atoms in total. The van der Waals surface area contributed by atoms with Crippen LogP contribution in [0.4, 0.5) is 33.3 Å². The summed E-state index contributed by atoms with van der Waals surface area (Å²) in [5.74, 6) is -3.26. The lowest BCUT2D eigenvalue weighted by atomic mass is 10.2. The quantitative estimate of drug-likeness (QED) is 0.147. The molecule has 0 bridgehead atoms. The number of halogens is 5. The number of pyridine rings is 2. The smallest absolute Gasteiger partial charge is 0.413 e. The van der Waals surface area contributed by atoms with Crippen LogP contribution in [0.3, 0.4) is 0 Å². The van der Waals surface area contributed by atoms with Crippen molar-refractivity contribution in [3.63, 3.8) is 0 Å². The van der Waals surface area contributed by atoms with E-state index in [2.05, 4.69) is 24.6 Å². The molecule has 0 saturated heterocycles. The minimum Gasteiger partial charge on any atom is -0.413 e. The van der Waals surface area contributed by atoms with E-state index in [-0.39, 0.29) is 53.9 Å². The van der Waals surface area contributed by atoms with Crippen molar-refractivity contribution < 1.29 is 48.0 Å². The number of alkyl halides is 3. The van der Waals surface area contributed by atoms with Gasteiger partial charge in [0, 0.05) is 18.0 Å². The Morgan fingerprint density at radius 1 is 0.765 bits per heavy atom. The number of nitrogens with two attached hydrogens (primary N) is 1. The summed E-state index contributed by atoms with van der Waals surface area (Å²) in [6, 6.07) is 16.2. The number of hydrogen-bond donors (Lipinski definition) is 1. The molecule has 5 aromatic rings. The van der Waals surface area contributed by atoms with E-state index < -0.39 is 43.7 Å². The Morgan fingerprint density at radius 2 is 1.27 bits per heavy atom. The molecule has 20 heteroatoms. The van der Waals surface area contributed by atoms with Crippen LogP contribution in [-0.4, -0.2) is 61.8 Å². The minimum atomic E-state index is -4.76. The summed E-state index contributed by atoms with van der Waals surface area (Å²) in [6.07, 6.45) is -0.251. The van der Waals surface area contributed by atoms with Crippen LogP contribution >= 0.6 is 0 Å². The molecule has 0 aliphatic rings. The lowest BCUT2D eigenvalue weighted by Crippen LogP contribution is -2.29. The third kappa shape index (κ3) is 10.6. The molecule has 5 rings (SSSR count). The zero-order valence-corrected chi connectivity index (χ0v) is 28.3. The van der Waals surface area contributed by atoms with Gasteiger partial charge in [-0.3, -0.25) is 23.4 Å². The Hall–Kier alpha value is -5.34. The zero-order chi connectivity index (χ0) is 37.6. The molecule has 0 saturated carbocycles. The molecule has 2 aromatic carbocycles. The lowest BCUT2D eigenvalue weighted by Gasteiger charge is -2.22. The second-order valence-corrected chi connectivity index (χ2v) is 14.4. The molecular weight excluding hydrogens is 726 g/mol. The summed E-state index contributed by atoms with van der Waals surface area (Å²) < 4.78 is 119. The van der Waals surface area contributed by atoms with Crippen molar-refractivity contribution in [2.45, 2.75) is 19.3 Å². The molecule has 51 heavy (non-hydrogen) atoms. The van der Waals surface area contributed by atoms with Gasteiger partial charge in [-0.2, -0.15) is 13.2 Å². The average Bonchev–Trinajstić information content (AvgIpc) is 3.57. The number of hydrogen-bond acceptors (Lipinski definition) is 11. The number of ketones is 1. The van der Waals surface area contributed by atoms with Gasteiger partial charge in [0.2, 0.25) is 25.9 Å². The van der Waals surface area contributed by atoms with Gasteiger partial charge in [-0.15, -0.1) is 10.2 Å². The van der Waals surface area contributed by atoms with Crippen LogP contribution in [-0.2, 0) is 39.3 Å². The van der Waals surface area contributed by atoms with Gasteiger partial charge < -0.3 is 10.2 Å². The largest absolute Gasteiger partial charge is 0.470 e. The molecule has 0 spiro atoms. The molecule has 0 radical (unpaired) electrons. The first-order valence-electron chi connectivity index (χ1n) is 14.4. The summed E-state index contributed by atoms with van der Waals surface area (Å²) >= 11 is 0. The maximum Gasteiger partial charge on any atom is 0.470 e. The molecule has 0 aliphatic carbocycles. The summed E-state index contributed by atoms with van der Waals surface area (Å²) in [5, 5.41) is 6.24. The number of rotatable bonds is 11. The van der Waals surface area contributed by atoms with Crippen molar-refractivity contribution >= 4 is 37.2 Å². The maximum atomic E-state index is 13.4. The maximum absolute atomic E-state index is 13.4. The van der Waals surface area contributed by atoms with Crippen LogP contribution in [0, 0.1) is 11.6 Å². The van der Waals surface area contributed by atoms with E-state index in [0.717, 1.165) is 33.3 Å². The molecule has 2 N–H and O–H groups in total. The fourth-order valence-corrected chi connectivity index (χ4v) is 5.98. The van der Waals surface area contributed by atoms with Crippen molar-refractivity contribution in [2.24, 2.45) is 5.73 Å². The van der Waals surface area contributed by atoms with E-state index in [1.807, 2.05) is 0 Å². The fraction of sp³-hybridized carbons (Fsp3) is 0.194. The third-order valence-corrected chi connectivity index (χ3v) is 8.96. The SMILES string of the molecule is CS(=O)(=O)N(Cc1ccc(-c2nnc(C(F)(F)F)o2)cn1)c1cccc(F)c1.CS(=O)(=O)N(Cc1ccc(C(=O)CN)cn1)c1cccc(F)c1. The zero-order valence-electron chi connectivity index (χ0n) is 26.6. The van der Waals surface area contributed by atoms with Crippen LogP contribution in [0.2, 0.25) is 0 Å². The van der Waals surface area contributed by atoms with Crippen molar-refractivity contribution in [1.82, 2.24) is 20.2 Å². The van der Waals surface area contributed by atoms with Crippen LogP contribution in [0.25, 0.3) is 11.5 Å². The van der Waals surface area contributed by atoms with Gasteiger partial charge in [-0.1, -0.05) is 12.1 Å². The number of anilines is 2. The highest BCUT2D eigenvalue weighted by Gasteiger charge is 2.38. The van der Waals surface area contributed by atoms with E-state index in [9.17, 15) is 43.6 Å². The highest BCUT2D eigenvalue weighted by molar-refractivity contribution is 7.92. The van der Waals surface area contributed by atoms with Crippen molar-refractivity contribution in [3.05, 3.63) is 120 Å². The van der Waals surface area contributed by atoms with Crippen molar-refractivity contribution in [3.8, 4) is 11.5 Å². The average molecular weight is 754 g/mol. The number of nitrogens with zero attached hydrogens (tertiary/aromatic N) is 6. The predicted octanol–water partition coefficient (Wildman–Crippen LogP) is 4.58. The van der Waals surface area contributed by atoms with E-state index in [1.165, 1.54) is 67.0 Å². The van der Waals surface area contributed by atoms with Gasteiger partial charge >= 0.3 is 12.1 Å². The van der Waals surface area contributed by atoms with E-state index in [4.69, 9.17) is 5.73 Å². The van der Waals surface area contributed by atoms with E-state index in [0.29, 0.717) is 11.3 Å². The Bertz CT molecular complexity index is 2200. The second-order valence-electron chi connectivity index (χ2n) is 10.6. The highest BCUT2D eigenvalue weighted by Crippen LogP contribution is 2.30. The van der Waals surface area contributed by atoms with E-state index >= 15 is 0 Å². The Kier molecular flexibility index (Phi) is 11.8. The topological polar surface area (TPSA) is 183 Å². The van der Waals surface area contributed by atoms with Gasteiger partial charge in [0.1, 0.15) is 11.6 Å². The minimum absolute atomic E-state index is 0.0701. The third-order valence-electron chi connectivity index (χ3n) is 6.68. The summed E-state index contributed by atoms with van der Waals surface area (Å²) in [4.78, 5) is 19.5. The molecule has 3 heterocycles. The first kappa shape index (κ1) is 38.5. The van der Waals surface area contributed by atoms with Crippen LogP contribution in [0.15, 0.2) is 89.6 Å². The summed E-state index contributed by atoms with van der Waals surface area (Å²) in [5.41, 5.74) is 6.77. The Balaban J connectivity index is 0.000000233. The molecule has 0 aliphatic heterocycles. The van der Waals surface area contributed by atoms with Gasteiger partial charge in [-0.25, -0.2) is 25.6 Å². The van der Waals surface area contributed by atoms with Crippen LogP contribution in [0.1, 0.15) is 27.6 Å². The van der Waals surface area contributed by atoms with Gasteiger partial charge in [0.25, 0.3) is 0 Å². The molecule has 0 fully saturated rings. The number of carbonyl (C=O) groups excluding carboxylic acids is 1. The Labute approximate surface area is 288 Å². The number of sulfonamides is 2. The van der Waals surface area contributed by atoms with Crippen molar-refractivity contribution in [2.75, 3.05) is 27.7 Å². The Morgan fingerprint density at radius 3 is 1.65 bits per heavy atom. The molecule has 3 aromatic heterocycles. The summed E-state index contributed by atoms with van der Waals surface area (Å²) in [6.45, 7) is -0.403.